The minimum Gasteiger partial charge on any atom is -0.330 e. The van der Waals surface area contributed by atoms with Gasteiger partial charge in [0.2, 0.25) is 10.0 Å². The summed E-state index contributed by atoms with van der Waals surface area (Å²) in [5.74, 6) is 0.936. The predicted molar refractivity (Wildman–Crippen MR) is 80.0 cm³/mol. The first kappa shape index (κ1) is 15.0. The highest BCUT2D eigenvalue weighted by atomic mass is 32.2. The molecule has 0 amide bonds. The van der Waals surface area contributed by atoms with Gasteiger partial charge in [0.25, 0.3) is 0 Å². The van der Waals surface area contributed by atoms with Gasteiger partial charge in [-0.05, 0) is 19.1 Å². The highest BCUT2D eigenvalue weighted by molar-refractivity contribution is 7.88. The smallest absolute Gasteiger partial charge is 0.208 e. The zero-order valence-electron chi connectivity index (χ0n) is 11.9. The molecule has 2 rings (SSSR count). The second kappa shape index (κ2) is 5.90. The Balaban J connectivity index is 2.01. The van der Waals surface area contributed by atoms with Crippen LogP contribution in [0.5, 0.6) is 0 Å². The summed E-state index contributed by atoms with van der Waals surface area (Å²) in [4.78, 5) is 4.60. The van der Waals surface area contributed by atoms with Gasteiger partial charge in [-0.15, -0.1) is 0 Å². The van der Waals surface area contributed by atoms with Gasteiger partial charge in [-0.25, -0.2) is 18.1 Å². The van der Waals surface area contributed by atoms with Crippen molar-refractivity contribution in [2.45, 2.75) is 13.0 Å². The van der Waals surface area contributed by atoms with Crippen molar-refractivity contribution in [2.24, 2.45) is 7.05 Å². The molecule has 6 nitrogen and oxygen atoms in total. The van der Waals surface area contributed by atoms with E-state index in [-0.39, 0.29) is 6.04 Å². The molecule has 0 saturated heterocycles. The number of para-hydroxylation sites is 2. The van der Waals surface area contributed by atoms with Crippen LogP contribution in [0.2, 0.25) is 0 Å². The number of benzene rings is 1. The topological polar surface area (TPSA) is 76.0 Å². The largest absolute Gasteiger partial charge is 0.330 e. The molecule has 1 aromatic heterocycles. The van der Waals surface area contributed by atoms with Crippen LogP contribution < -0.4 is 10.0 Å². The fourth-order valence-electron chi connectivity index (χ4n) is 2.17. The van der Waals surface area contributed by atoms with Crippen molar-refractivity contribution in [1.82, 2.24) is 19.6 Å². The molecule has 20 heavy (non-hydrogen) atoms. The molecule has 0 aliphatic rings. The number of imidazole rings is 1. The van der Waals surface area contributed by atoms with Gasteiger partial charge in [0.15, 0.2) is 0 Å². The maximum atomic E-state index is 11.0. The minimum atomic E-state index is -3.13. The van der Waals surface area contributed by atoms with Gasteiger partial charge in [-0.1, -0.05) is 12.1 Å². The number of hydrogen-bond acceptors (Lipinski definition) is 4. The number of aryl methyl sites for hydroxylation is 1. The van der Waals surface area contributed by atoms with E-state index in [0.29, 0.717) is 13.1 Å². The summed E-state index contributed by atoms with van der Waals surface area (Å²) in [7, 11) is -1.14. The third kappa shape index (κ3) is 3.56. The molecule has 2 N–H and O–H groups in total. The fraction of sp³-hybridized carbons (Fsp3) is 0.462. The second-order valence-corrected chi connectivity index (χ2v) is 6.69. The lowest BCUT2D eigenvalue weighted by Crippen LogP contribution is -2.32. The van der Waals surface area contributed by atoms with E-state index in [4.69, 9.17) is 0 Å². The first-order valence-corrected chi connectivity index (χ1v) is 8.37. The molecule has 1 aromatic carbocycles. The van der Waals surface area contributed by atoms with Gasteiger partial charge < -0.3 is 9.88 Å². The van der Waals surface area contributed by atoms with Crippen LogP contribution in [0, 0.1) is 0 Å². The quantitative estimate of drug-likeness (QED) is 0.772. The molecule has 0 radical (unpaired) electrons. The van der Waals surface area contributed by atoms with Crippen LogP contribution in [0.4, 0.5) is 0 Å². The van der Waals surface area contributed by atoms with Crippen molar-refractivity contribution in [3.63, 3.8) is 0 Å². The number of nitrogens with zero attached hydrogens (tertiary/aromatic N) is 2. The third-order valence-electron chi connectivity index (χ3n) is 3.15. The average Bonchev–Trinajstić information content (AvgIpc) is 2.72. The standard InChI is InChI=1S/C13H20N4O2S/c1-10(14-8-9-15-20(3,18)19)13-16-11-6-4-5-7-12(11)17(13)2/h4-7,10,14-15H,8-9H2,1-3H3. The number of sulfonamides is 1. The number of rotatable bonds is 6. The van der Waals surface area contributed by atoms with E-state index in [9.17, 15) is 8.42 Å². The first-order chi connectivity index (χ1) is 9.38. The van der Waals surface area contributed by atoms with Crippen LogP contribution in [0.1, 0.15) is 18.8 Å². The van der Waals surface area contributed by atoms with Gasteiger partial charge in [0.05, 0.1) is 23.3 Å². The highest BCUT2D eigenvalue weighted by Crippen LogP contribution is 2.18. The van der Waals surface area contributed by atoms with E-state index in [1.165, 1.54) is 0 Å². The molecule has 2 aromatic rings. The average molecular weight is 296 g/mol. The first-order valence-electron chi connectivity index (χ1n) is 6.48. The summed E-state index contributed by atoms with van der Waals surface area (Å²) < 4.78 is 26.4. The lowest BCUT2D eigenvalue weighted by Gasteiger charge is -2.13. The Morgan fingerprint density at radius 3 is 2.65 bits per heavy atom. The van der Waals surface area contributed by atoms with Crippen molar-refractivity contribution in [3.8, 4) is 0 Å². The summed E-state index contributed by atoms with van der Waals surface area (Å²) in [6, 6.07) is 8.02. The van der Waals surface area contributed by atoms with E-state index >= 15 is 0 Å². The summed E-state index contributed by atoms with van der Waals surface area (Å²) in [6.45, 7) is 2.94. The molecule has 110 valence electrons. The Bertz CT molecular complexity index is 693. The summed E-state index contributed by atoms with van der Waals surface area (Å²) in [6.07, 6.45) is 1.15. The van der Waals surface area contributed by atoms with Crippen LogP contribution >= 0.6 is 0 Å². The van der Waals surface area contributed by atoms with E-state index in [1.807, 2.05) is 38.2 Å². The predicted octanol–water partition coefficient (Wildman–Crippen LogP) is 0.773. The number of aromatic nitrogens is 2. The van der Waals surface area contributed by atoms with Crippen LogP contribution in [-0.4, -0.2) is 37.3 Å². The zero-order chi connectivity index (χ0) is 14.8. The minimum absolute atomic E-state index is 0.0498. The van der Waals surface area contributed by atoms with Crippen molar-refractivity contribution in [1.29, 1.82) is 0 Å². The summed E-state index contributed by atoms with van der Waals surface area (Å²) >= 11 is 0. The molecule has 0 saturated carbocycles. The Labute approximate surface area is 119 Å². The Morgan fingerprint density at radius 1 is 1.30 bits per heavy atom. The molecule has 1 heterocycles. The van der Waals surface area contributed by atoms with Gasteiger partial charge in [0, 0.05) is 20.1 Å². The third-order valence-corrected chi connectivity index (χ3v) is 3.88. The Kier molecular flexibility index (Phi) is 4.42. The van der Waals surface area contributed by atoms with E-state index in [0.717, 1.165) is 23.1 Å². The van der Waals surface area contributed by atoms with Crippen LogP contribution in [0.3, 0.4) is 0 Å². The molecular formula is C13H20N4O2S. The molecular weight excluding hydrogens is 276 g/mol. The van der Waals surface area contributed by atoms with Gasteiger partial charge in [0.1, 0.15) is 5.82 Å². The zero-order valence-corrected chi connectivity index (χ0v) is 12.7. The van der Waals surface area contributed by atoms with Crippen molar-refractivity contribution in [2.75, 3.05) is 19.3 Å². The monoisotopic (exact) mass is 296 g/mol. The fourth-order valence-corrected chi connectivity index (χ4v) is 2.64. The SMILES string of the molecule is CC(NCCNS(C)(=O)=O)c1nc2ccccc2n1C. The molecule has 7 heteroatoms. The van der Waals surface area contributed by atoms with Crippen molar-refractivity contribution >= 4 is 21.1 Å². The lowest BCUT2D eigenvalue weighted by molar-refractivity contribution is 0.528. The van der Waals surface area contributed by atoms with Gasteiger partial charge >= 0.3 is 0 Å². The Hall–Kier alpha value is -1.44. The van der Waals surface area contributed by atoms with Crippen LogP contribution in [-0.2, 0) is 17.1 Å². The summed E-state index contributed by atoms with van der Waals surface area (Å²) in [5, 5.41) is 3.26. The molecule has 0 spiro atoms. The normalized spacial score (nSPS) is 13.8. The van der Waals surface area contributed by atoms with E-state index in [1.54, 1.807) is 0 Å². The number of hydrogen-bond donors (Lipinski definition) is 2. The van der Waals surface area contributed by atoms with Crippen LogP contribution in [0.15, 0.2) is 24.3 Å². The lowest BCUT2D eigenvalue weighted by atomic mass is 10.3. The van der Waals surface area contributed by atoms with Crippen molar-refractivity contribution in [3.05, 3.63) is 30.1 Å². The summed E-state index contributed by atoms with van der Waals surface area (Å²) in [5.41, 5.74) is 2.05. The molecule has 0 bridgehead atoms. The van der Waals surface area contributed by atoms with Gasteiger partial charge in [-0.3, -0.25) is 0 Å². The molecule has 1 unspecified atom stereocenters. The molecule has 1 atom stereocenters. The van der Waals surface area contributed by atoms with Crippen molar-refractivity contribution < 1.29 is 8.42 Å². The number of nitrogens with one attached hydrogen (secondary N) is 2. The number of fused-ring (bicyclic) bond motifs is 1. The van der Waals surface area contributed by atoms with E-state index < -0.39 is 10.0 Å². The molecule has 0 aliphatic carbocycles. The highest BCUT2D eigenvalue weighted by Gasteiger charge is 2.13. The molecule has 0 fully saturated rings. The van der Waals surface area contributed by atoms with E-state index in [2.05, 4.69) is 19.6 Å². The maximum absolute atomic E-state index is 11.0. The van der Waals surface area contributed by atoms with Crippen LogP contribution in [0.25, 0.3) is 11.0 Å². The van der Waals surface area contributed by atoms with Gasteiger partial charge in [-0.2, -0.15) is 0 Å². The maximum Gasteiger partial charge on any atom is 0.208 e. The molecule has 0 aliphatic heterocycles. The second-order valence-electron chi connectivity index (χ2n) is 4.86. The Morgan fingerprint density at radius 2 is 2.00 bits per heavy atom.